The number of para-hydroxylation sites is 1. The third-order valence-corrected chi connectivity index (χ3v) is 3.49. The van der Waals surface area contributed by atoms with E-state index in [0.717, 1.165) is 15.5 Å². The molecule has 1 aliphatic heterocycles. The molecular formula is C14H12N2O2S. The highest BCUT2D eigenvalue weighted by Crippen LogP contribution is 2.36. The van der Waals surface area contributed by atoms with Gasteiger partial charge in [-0.25, -0.2) is 0 Å². The van der Waals surface area contributed by atoms with Crippen molar-refractivity contribution in [3.63, 3.8) is 0 Å². The van der Waals surface area contributed by atoms with Crippen LogP contribution in [-0.4, -0.2) is 19.3 Å². The molecule has 0 unspecified atom stereocenters. The lowest BCUT2D eigenvalue weighted by Crippen LogP contribution is -1.91. The van der Waals surface area contributed by atoms with Crippen molar-refractivity contribution >= 4 is 22.4 Å². The minimum absolute atomic E-state index is 0.569. The van der Waals surface area contributed by atoms with Gasteiger partial charge >= 0.3 is 0 Å². The van der Waals surface area contributed by atoms with E-state index in [1.54, 1.807) is 7.11 Å². The van der Waals surface area contributed by atoms with E-state index >= 15 is 0 Å². The van der Waals surface area contributed by atoms with Crippen LogP contribution in [0.1, 0.15) is 5.56 Å². The van der Waals surface area contributed by atoms with Gasteiger partial charge in [-0.15, -0.1) is 0 Å². The zero-order valence-corrected chi connectivity index (χ0v) is 11.4. The number of nitriles is 1. The van der Waals surface area contributed by atoms with Crippen molar-refractivity contribution in [3.8, 4) is 11.8 Å². The topological polar surface area (TPSA) is 54.6 Å². The molecule has 0 amide bonds. The largest absolute Gasteiger partial charge is 0.496 e. The van der Waals surface area contributed by atoms with Crippen LogP contribution in [0.15, 0.2) is 46.5 Å². The van der Waals surface area contributed by atoms with Crippen LogP contribution in [0.2, 0.25) is 0 Å². The molecule has 0 radical (unpaired) electrons. The summed E-state index contributed by atoms with van der Waals surface area (Å²) in [7, 11) is 3.09. The Morgan fingerprint density at radius 2 is 2.05 bits per heavy atom. The first-order valence-corrected chi connectivity index (χ1v) is 6.36. The molecule has 96 valence electrons. The van der Waals surface area contributed by atoms with Crippen LogP contribution < -0.4 is 4.74 Å². The molecule has 0 spiro atoms. The summed E-state index contributed by atoms with van der Waals surface area (Å²) in [6, 6.07) is 9.68. The summed E-state index contributed by atoms with van der Waals surface area (Å²) in [6.07, 6.45) is 3.67. The standard InChI is InChI=1S/C14H12N2O2S/c1-17-12-6-4-3-5-10(12)11(9-15)13-7-8-14(19-13)16-18-2/h3-8H,1-2H3/b13-11-,16-14?. The molecule has 1 heterocycles. The molecule has 19 heavy (non-hydrogen) atoms. The SMILES string of the molecule is CON=C1C=C/C(=C(\C#N)c2ccccc2OC)S1. The number of rotatable bonds is 3. The van der Waals surface area contributed by atoms with Gasteiger partial charge in [-0.1, -0.05) is 29.1 Å². The average molecular weight is 272 g/mol. The Balaban J connectivity index is 2.45. The predicted molar refractivity (Wildman–Crippen MR) is 76.7 cm³/mol. The lowest BCUT2D eigenvalue weighted by Gasteiger charge is -2.08. The summed E-state index contributed by atoms with van der Waals surface area (Å²) in [5.74, 6) is 0.678. The Morgan fingerprint density at radius 1 is 1.26 bits per heavy atom. The van der Waals surface area contributed by atoms with Crippen LogP contribution in [0.5, 0.6) is 5.75 Å². The molecule has 0 aliphatic carbocycles. The minimum Gasteiger partial charge on any atom is -0.496 e. The molecule has 4 nitrogen and oxygen atoms in total. The molecule has 0 saturated carbocycles. The Bertz CT molecular complexity index is 612. The first-order chi connectivity index (χ1) is 9.30. The van der Waals surface area contributed by atoms with Crippen molar-refractivity contribution in [1.29, 1.82) is 5.26 Å². The van der Waals surface area contributed by atoms with E-state index in [-0.39, 0.29) is 0 Å². The number of thioether (sulfide) groups is 1. The number of allylic oxidation sites excluding steroid dienone is 2. The first kappa shape index (κ1) is 13.2. The maximum Gasteiger partial charge on any atom is 0.140 e. The number of nitrogens with zero attached hydrogens (tertiary/aromatic N) is 2. The number of benzene rings is 1. The highest BCUT2D eigenvalue weighted by atomic mass is 32.2. The van der Waals surface area contributed by atoms with Gasteiger partial charge in [0.2, 0.25) is 0 Å². The van der Waals surface area contributed by atoms with Crippen LogP contribution in [-0.2, 0) is 4.84 Å². The van der Waals surface area contributed by atoms with Crippen LogP contribution >= 0.6 is 11.8 Å². The van der Waals surface area contributed by atoms with Gasteiger partial charge in [0.1, 0.15) is 24.0 Å². The second kappa shape index (κ2) is 6.12. The lowest BCUT2D eigenvalue weighted by molar-refractivity contribution is 0.215. The van der Waals surface area contributed by atoms with E-state index in [0.29, 0.717) is 11.3 Å². The van der Waals surface area contributed by atoms with Crippen LogP contribution in [0.25, 0.3) is 5.57 Å². The number of methoxy groups -OCH3 is 1. The number of hydrogen-bond donors (Lipinski definition) is 0. The van der Waals surface area contributed by atoms with Crippen LogP contribution in [0.3, 0.4) is 0 Å². The van der Waals surface area contributed by atoms with Crippen molar-refractivity contribution in [2.75, 3.05) is 14.2 Å². The van der Waals surface area contributed by atoms with E-state index in [2.05, 4.69) is 11.2 Å². The van der Waals surface area contributed by atoms with Crippen molar-refractivity contribution in [1.82, 2.24) is 0 Å². The Hall–Kier alpha value is -2.19. The maximum atomic E-state index is 9.39. The normalized spacial score (nSPS) is 18.3. The van der Waals surface area contributed by atoms with Crippen molar-refractivity contribution < 1.29 is 9.57 Å². The van der Waals surface area contributed by atoms with Crippen LogP contribution in [0.4, 0.5) is 0 Å². The monoisotopic (exact) mass is 272 g/mol. The summed E-state index contributed by atoms with van der Waals surface area (Å²) in [5, 5.41) is 14.0. The molecular weight excluding hydrogens is 260 g/mol. The summed E-state index contributed by atoms with van der Waals surface area (Å²) in [5.41, 5.74) is 1.35. The Morgan fingerprint density at radius 3 is 2.74 bits per heavy atom. The molecule has 0 fully saturated rings. The second-order valence-corrected chi connectivity index (χ2v) is 4.66. The highest BCUT2D eigenvalue weighted by Gasteiger charge is 2.17. The predicted octanol–water partition coefficient (Wildman–Crippen LogP) is 3.19. The number of ether oxygens (including phenoxy) is 1. The van der Waals surface area contributed by atoms with Gasteiger partial charge in [-0.05, 0) is 24.3 Å². The van der Waals surface area contributed by atoms with E-state index in [1.165, 1.54) is 18.9 Å². The summed E-state index contributed by atoms with van der Waals surface area (Å²) < 4.78 is 5.29. The van der Waals surface area contributed by atoms with E-state index in [4.69, 9.17) is 9.57 Å². The molecule has 0 aromatic heterocycles. The quantitative estimate of drug-likeness (QED) is 0.626. The van der Waals surface area contributed by atoms with Crippen molar-refractivity contribution in [2.45, 2.75) is 0 Å². The molecule has 2 rings (SSSR count). The van der Waals surface area contributed by atoms with Gasteiger partial charge in [-0.2, -0.15) is 5.26 Å². The molecule has 5 heteroatoms. The number of hydrogen-bond acceptors (Lipinski definition) is 5. The van der Waals surface area contributed by atoms with Crippen molar-refractivity contribution in [3.05, 3.63) is 46.9 Å². The molecule has 1 aromatic carbocycles. The molecule has 1 aromatic rings. The molecule has 0 N–H and O–H groups in total. The van der Waals surface area contributed by atoms with Gasteiger partial charge in [0.15, 0.2) is 0 Å². The molecule has 1 aliphatic rings. The fourth-order valence-electron chi connectivity index (χ4n) is 1.70. The first-order valence-electron chi connectivity index (χ1n) is 5.55. The number of oxime groups is 1. The molecule has 0 atom stereocenters. The van der Waals surface area contributed by atoms with E-state index in [9.17, 15) is 5.26 Å². The Labute approximate surface area is 116 Å². The van der Waals surface area contributed by atoms with E-state index < -0.39 is 0 Å². The third-order valence-electron chi connectivity index (χ3n) is 2.51. The fraction of sp³-hybridized carbons (Fsp3) is 0.143. The minimum atomic E-state index is 0.569. The maximum absolute atomic E-state index is 9.39. The summed E-state index contributed by atoms with van der Waals surface area (Å²) >= 11 is 1.40. The molecule has 0 saturated heterocycles. The van der Waals surface area contributed by atoms with Crippen molar-refractivity contribution in [2.24, 2.45) is 5.16 Å². The second-order valence-electron chi connectivity index (χ2n) is 3.60. The summed E-state index contributed by atoms with van der Waals surface area (Å²) in [6.45, 7) is 0. The van der Waals surface area contributed by atoms with Gasteiger partial charge in [0.25, 0.3) is 0 Å². The average Bonchev–Trinajstić information content (AvgIpc) is 2.89. The third kappa shape index (κ3) is 2.80. The lowest BCUT2D eigenvalue weighted by atomic mass is 10.1. The van der Waals surface area contributed by atoms with Gasteiger partial charge < -0.3 is 9.57 Å². The molecule has 0 bridgehead atoms. The summed E-state index contributed by atoms with van der Waals surface area (Å²) in [4.78, 5) is 5.56. The fourth-order valence-corrected chi connectivity index (χ4v) is 2.57. The zero-order chi connectivity index (χ0) is 13.7. The highest BCUT2D eigenvalue weighted by molar-refractivity contribution is 8.18. The van der Waals surface area contributed by atoms with E-state index in [1.807, 2.05) is 36.4 Å². The van der Waals surface area contributed by atoms with Gasteiger partial charge in [0.05, 0.1) is 12.7 Å². The van der Waals surface area contributed by atoms with Gasteiger partial charge in [-0.3, -0.25) is 0 Å². The van der Waals surface area contributed by atoms with Crippen LogP contribution in [0, 0.1) is 11.3 Å². The zero-order valence-electron chi connectivity index (χ0n) is 10.6. The smallest absolute Gasteiger partial charge is 0.140 e. The Kier molecular flexibility index (Phi) is 4.26. The van der Waals surface area contributed by atoms with Gasteiger partial charge in [0, 0.05) is 10.5 Å².